The van der Waals surface area contributed by atoms with E-state index in [0.717, 1.165) is 5.56 Å². The summed E-state index contributed by atoms with van der Waals surface area (Å²) in [5, 5.41) is 6.30. The van der Waals surface area contributed by atoms with Gasteiger partial charge in [-0.05, 0) is 38.5 Å². The average molecular weight is 388 g/mol. The molecule has 152 valence electrons. The summed E-state index contributed by atoms with van der Waals surface area (Å²) in [7, 11) is 0. The minimum atomic E-state index is -0.325. The lowest BCUT2D eigenvalue weighted by molar-refractivity contribution is -0.130. The molecule has 0 radical (unpaired) electrons. The Morgan fingerprint density at radius 1 is 1.25 bits per heavy atom. The molecule has 2 rings (SSSR count). The minimum absolute atomic E-state index is 0.116. The number of amides is 1. The smallest absolute Gasteiger partial charge is 0.224 e. The summed E-state index contributed by atoms with van der Waals surface area (Å²) < 4.78 is 16.0. The van der Waals surface area contributed by atoms with Gasteiger partial charge in [-0.3, -0.25) is 4.79 Å². The van der Waals surface area contributed by atoms with Gasteiger partial charge in [0.15, 0.2) is 5.96 Å². The highest BCUT2D eigenvalue weighted by molar-refractivity contribution is 5.81. The highest BCUT2D eigenvalue weighted by Gasteiger charge is 2.09. The maximum Gasteiger partial charge on any atom is 0.224 e. The molecule has 0 aliphatic heterocycles. The van der Waals surface area contributed by atoms with Crippen LogP contribution < -0.4 is 10.6 Å². The molecule has 8 heteroatoms. The van der Waals surface area contributed by atoms with Crippen LogP contribution in [0.15, 0.2) is 41.9 Å². The Hall–Kier alpha value is -2.90. The van der Waals surface area contributed by atoms with E-state index in [9.17, 15) is 9.18 Å². The molecule has 0 spiro atoms. The number of aromatic nitrogens is 2. The summed E-state index contributed by atoms with van der Waals surface area (Å²) in [4.78, 5) is 22.3. The van der Waals surface area contributed by atoms with Crippen LogP contribution >= 0.6 is 0 Å². The normalized spacial score (nSPS) is 11.4. The molecule has 0 bridgehead atoms. The van der Waals surface area contributed by atoms with Crippen molar-refractivity contribution >= 4 is 11.9 Å². The van der Waals surface area contributed by atoms with Gasteiger partial charge < -0.3 is 20.1 Å². The number of nitrogens with one attached hydrogen (secondary N) is 2. The van der Waals surface area contributed by atoms with Crippen molar-refractivity contribution in [2.45, 2.75) is 33.7 Å². The van der Waals surface area contributed by atoms with Crippen LogP contribution in [0.2, 0.25) is 0 Å². The van der Waals surface area contributed by atoms with E-state index in [1.54, 1.807) is 34.3 Å². The number of nitrogens with zero attached hydrogens (tertiary/aromatic N) is 4. The highest BCUT2D eigenvalue weighted by Crippen LogP contribution is 2.15. The fourth-order valence-corrected chi connectivity index (χ4v) is 2.79. The van der Waals surface area contributed by atoms with Crippen molar-refractivity contribution in [2.75, 3.05) is 26.2 Å². The third-order valence-electron chi connectivity index (χ3n) is 4.31. The Morgan fingerprint density at radius 2 is 2.04 bits per heavy atom. The first kappa shape index (κ1) is 21.4. The molecule has 1 amide bonds. The van der Waals surface area contributed by atoms with Gasteiger partial charge in [0.2, 0.25) is 5.91 Å². The van der Waals surface area contributed by atoms with Crippen LogP contribution in [-0.4, -0.2) is 52.5 Å². The molecule has 0 fully saturated rings. The van der Waals surface area contributed by atoms with E-state index in [-0.39, 0.29) is 11.7 Å². The van der Waals surface area contributed by atoms with E-state index in [2.05, 4.69) is 20.6 Å². The Morgan fingerprint density at radius 3 is 2.64 bits per heavy atom. The van der Waals surface area contributed by atoms with Gasteiger partial charge in [-0.2, -0.15) is 0 Å². The van der Waals surface area contributed by atoms with E-state index in [1.165, 1.54) is 6.07 Å². The number of carbonyl (C=O) groups is 1. The molecule has 0 aliphatic rings. The maximum atomic E-state index is 14.3. The standard InChI is InChI=1S/C20H29FN6O/c1-4-23-20(24-10-9-19(28)26(5-2)6-3)25-14-16-7-8-18(17(21)13-16)27-12-11-22-15-27/h7-8,11-13,15H,4-6,9-10,14H2,1-3H3,(H2,23,24,25). The van der Waals surface area contributed by atoms with Crippen LogP contribution in [0.25, 0.3) is 5.69 Å². The number of rotatable bonds is 9. The molecule has 28 heavy (non-hydrogen) atoms. The topological polar surface area (TPSA) is 74.5 Å². The van der Waals surface area contributed by atoms with Crippen molar-refractivity contribution in [3.05, 3.63) is 48.3 Å². The zero-order valence-corrected chi connectivity index (χ0v) is 16.8. The zero-order chi connectivity index (χ0) is 20.4. The number of halogens is 1. The van der Waals surface area contributed by atoms with E-state index in [4.69, 9.17) is 0 Å². The van der Waals surface area contributed by atoms with E-state index >= 15 is 0 Å². The molecule has 0 saturated heterocycles. The number of imidazole rings is 1. The molecular formula is C20H29FN6O. The molecular weight excluding hydrogens is 359 g/mol. The fraction of sp³-hybridized carbons (Fsp3) is 0.450. The van der Waals surface area contributed by atoms with Gasteiger partial charge in [0.1, 0.15) is 5.82 Å². The van der Waals surface area contributed by atoms with Gasteiger partial charge in [0.05, 0.1) is 18.6 Å². The lowest BCUT2D eigenvalue weighted by atomic mass is 10.2. The van der Waals surface area contributed by atoms with Crippen molar-refractivity contribution in [2.24, 2.45) is 4.99 Å². The third-order valence-corrected chi connectivity index (χ3v) is 4.31. The van der Waals surface area contributed by atoms with Gasteiger partial charge in [-0.15, -0.1) is 0 Å². The Kier molecular flexibility index (Phi) is 8.45. The number of aliphatic imine (C=N–C) groups is 1. The van der Waals surface area contributed by atoms with Crippen LogP contribution in [0.1, 0.15) is 32.8 Å². The molecule has 0 atom stereocenters. The lowest BCUT2D eigenvalue weighted by Gasteiger charge is -2.19. The molecule has 2 N–H and O–H groups in total. The molecule has 0 unspecified atom stereocenters. The van der Waals surface area contributed by atoms with Gasteiger partial charge in [0, 0.05) is 45.0 Å². The first-order valence-electron chi connectivity index (χ1n) is 9.65. The second-order valence-corrected chi connectivity index (χ2v) is 6.19. The first-order valence-corrected chi connectivity index (χ1v) is 9.65. The summed E-state index contributed by atoms with van der Waals surface area (Å²) >= 11 is 0. The predicted octanol–water partition coefficient (Wildman–Crippen LogP) is 2.33. The molecule has 1 aromatic heterocycles. The van der Waals surface area contributed by atoms with E-state index in [1.807, 2.05) is 26.8 Å². The second-order valence-electron chi connectivity index (χ2n) is 6.19. The van der Waals surface area contributed by atoms with Crippen molar-refractivity contribution in [1.29, 1.82) is 0 Å². The minimum Gasteiger partial charge on any atom is -0.357 e. The summed E-state index contributed by atoms with van der Waals surface area (Å²) in [5.41, 5.74) is 1.21. The summed E-state index contributed by atoms with van der Waals surface area (Å²) in [6, 6.07) is 5.03. The van der Waals surface area contributed by atoms with Gasteiger partial charge in [-0.25, -0.2) is 14.4 Å². The summed E-state index contributed by atoms with van der Waals surface area (Å²) in [6.45, 7) is 8.86. The number of benzene rings is 1. The monoisotopic (exact) mass is 388 g/mol. The number of guanidine groups is 1. The lowest BCUT2D eigenvalue weighted by Crippen LogP contribution is -2.40. The maximum absolute atomic E-state index is 14.3. The third kappa shape index (κ3) is 6.07. The van der Waals surface area contributed by atoms with E-state index < -0.39 is 0 Å². The molecule has 0 aliphatic carbocycles. The molecule has 1 heterocycles. The summed E-state index contributed by atoms with van der Waals surface area (Å²) in [5.74, 6) is 0.396. The highest BCUT2D eigenvalue weighted by atomic mass is 19.1. The molecule has 7 nitrogen and oxygen atoms in total. The average Bonchev–Trinajstić information content (AvgIpc) is 3.21. The summed E-state index contributed by atoms with van der Waals surface area (Å²) in [6.07, 6.45) is 5.27. The van der Waals surface area contributed by atoms with Gasteiger partial charge >= 0.3 is 0 Å². The van der Waals surface area contributed by atoms with Gasteiger partial charge in [-0.1, -0.05) is 6.07 Å². The van der Waals surface area contributed by atoms with Crippen LogP contribution in [-0.2, 0) is 11.3 Å². The van der Waals surface area contributed by atoms with Crippen molar-refractivity contribution in [1.82, 2.24) is 25.1 Å². The van der Waals surface area contributed by atoms with Crippen LogP contribution in [0.3, 0.4) is 0 Å². The van der Waals surface area contributed by atoms with Crippen molar-refractivity contribution in [3.63, 3.8) is 0 Å². The first-order chi connectivity index (χ1) is 13.6. The Bertz CT molecular complexity index is 771. The van der Waals surface area contributed by atoms with Crippen LogP contribution in [0, 0.1) is 5.82 Å². The van der Waals surface area contributed by atoms with E-state index in [0.29, 0.717) is 50.8 Å². The predicted molar refractivity (Wildman–Crippen MR) is 109 cm³/mol. The van der Waals surface area contributed by atoms with Crippen LogP contribution in [0.5, 0.6) is 0 Å². The fourth-order valence-electron chi connectivity index (χ4n) is 2.79. The number of hydrogen-bond donors (Lipinski definition) is 2. The van der Waals surface area contributed by atoms with Crippen LogP contribution in [0.4, 0.5) is 4.39 Å². The largest absolute Gasteiger partial charge is 0.357 e. The van der Waals surface area contributed by atoms with Gasteiger partial charge in [0.25, 0.3) is 0 Å². The van der Waals surface area contributed by atoms with Crippen molar-refractivity contribution in [3.8, 4) is 5.69 Å². The van der Waals surface area contributed by atoms with Crippen molar-refractivity contribution < 1.29 is 9.18 Å². The molecule has 0 saturated carbocycles. The number of carbonyl (C=O) groups excluding carboxylic acids is 1. The zero-order valence-electron chi connectivity index (χ0n) is 16.8. The molecule has 1 aromatic carbocycles. The SMILES string of the molecule is CCNC(=NCc1ccc(-n2ccnc2)c(F)c1)NCCC(=O)N(CC)CC. The Balaban J connectivity index is 1.94. The quantitative estimate of drug-likeness (QED) is 0.511. The number of hydrogen-bond acceptors (Lipinski definition) is 3. The Labute approximate surface area is 165 Å². The second kappa shape index (κ2) is 11.1. The molecule has 2 aromatic rings.